The lowest BCUT2D eigenvalue weighted by Crippen LogP contribution is -2.10. The van der Waals surface area contributed by atoms with Crippen LogP contribution in [0, 0.1) is 0 Å². The van der Waals surface area contributed by atoms with E-state index in [1.54, 1.807) is 18.0 Å². The quantitative estimate of drug-likeness (QED) is 0.414. The summed E-state index contributed by atoms with van der Waals surface area (Å²) in [5.41, 5.74) is 4.17. The number of methoxy groups -OCH3 is 1. The first-order chi connectivity index (χ1) is 15.1. The van der Waals surface area contributed by atoms with Gasteiger partial charge in [-0.2, -0.15) is 9.67 Å². The first kappa shape index (κ1) is 20.7. The van der Waals surface area contributed by atoms with Crippen molar-refractivity contribution >= 4 is 22.8 Å². The summed E-state index contributed by atoms with van der Waals surface area (Å²) in [6.07, 6.45) is 1.66. The van der Waals surface area contributed by atoms with Gasteiger partial charge in [0.2, 0.25) is 5.95 Å². The van der Waals surface area contributed by atoms with Gasteiger partial charge >= 0.3 is 0 Å². The van der Waals surface area contributed by atoms with Crippen molar-refractivity contribution in [1.82, 2.24) is 29.9 Å². The minimum Gasteiger partial charge on any atom is -0.491 e. The van der Waals surface area contributed by atoms with E-state index < -0.39 is 0 Å². The second kappa shape index (κ2) is 9.50. The molecule has 160 valence electrons. The lowest BCUT2D eigenvalue weighted by Gasteiger charge is -2.10. The highest BCUT2D eigenvalue weighted by atomic mass is 16.5. The maximum atomic E-state index is 5.70. The molecule has 4 rings (SSSR count). The standard InChI is InChI=1S/C22H25N7O2/c1-28(2)15-16-7-9-17(10-8-16)24-22-23-14-20-21(25-22)29(27-26-20)18-5-4-6-19(13-18)31-12-11-30-3/h4-10,13-14H,11-12,15H2,1-3H3,(H,23,24,25). The fourth-order valence-electron chi connectivity index (χ4n) is 3.10. The van der Waals surface area contributed by atoms with E-state index in [-0.39, 0.29) is 0 Å². The van der Waals surface area contributed by atoms with Crippen LogP contribution in [0.3, 0.4) is 0 Å². The molecule has 9 heteroatoms. The van der Waals surface area contributed by atoms with Crippen LogP contribution in [0.15, 0.2) is 54.7 Å². The molecule has 9 nitrogen and oxygen atoms in total. The monoisotopic (exact) mass is 419 g/mol. The van der Waals surface area contributed by atoms with Crippen LogP contribution in [-0.2, 0) is 11.3 Å². The summed E-state index contributed by atoms with van der Waals surface area (Å²) in [5.74, 6) is 1.20. The van der Waals surface area contributed by atoms with Crippen LogP contribution in [0.2, 0.25) is 0 Å². The van der Waals surface area contributed by atoms with Crippen LogP contribution in [-0.4, -0.2) is 64.3 Å². The zero-order valence-corrected chi connectivity index (χ0v) is 17.8. The highest BCUT2D eigenvalue weighted by molar-refractivity contribution is 5.73. The third kappa shape index (κ3) is 5.14. The van der Waals surface area contributed by atoms with Gasteiger partial charge < -0.3 is 19.7 Å². The first-order valence-electron chi connectivity index (χ1n) is 9.94. The highest BCUT2D eigenvalue weighted by Crippen LogP contribution is 2.21. The fourth-order valence-corrected chi connectivity index (χ4v) is 3.10. The maximum Gasteiger partial charge on any atom is 0.229 e. The molecule has 0 aliphatic carbocycles. The number of fused-ring (bicyclic) bond motifs is 1. The Balaban J connectivity index is 1.56. The second-order valence-electron chi connectivity index (χ2n) is 7.30. The Morgan fingerprint density at radius 1 is 1.06 bits per heavy atom. The summed E-state index contributed by atoms with van der Waals surface area (Å²) in [7, 11) is 5.74. The smallest absolute Gasteiger partial charge is 0.229 e. The van der Waals surface area contributed by atoms with Crippen molar-refractivity contribution in [3.8, 4) is 11.4 Å². The number of nitrogens with zero attached hydrogens (tertiary/aromatic N) is 6. The van der Waals surface area contributed by atoms with Gasteiger partial charge in [0.25, 0.3) is 0 Å². The highest BCUT2D eigenvalue weighted by Gasteiger charge is 2.11. The minimum absolute atomic E-state index is 0.474. The molecular weight excluding hydrogens is 394 g/mol. The van der Waals surface area contributed by atoms with Crippen LogP contribution in [0.4, 0.5) is 11.6 Å². The second-order valence-corrected chi connectivity index (χ2v) is 7.30. The Bertz CT molecular complexity index is 1140. The fraction of sp³-hybridized carbons (Fsp3) is 0.273. The van der Waals surface area contributed by atoms with Crippen LogP contribution >= 0.6 is 0 Å². The molecule has 0 aliphatic rings. The minimum atomic E-state index is 0.474. The molecule has 2 heterocycles. The zero-order chi connectivity index (χ0) is 21.6. The van der Waals surface area contributed by atoms with E-state index >= 15 is 0 Å². The third-order valence-electron chi connectivity index (χ3n) is 4.52. The third-order valence-corrected chi connectivity index (χ3v) is 4.52. The van der Waals surface area contributed by atoms with E-state index in [1.165, 1.54) is 5.56 Å². The van der Waals surface area contributed by atoms with Crippen molar-refractivity contribution in [1.29, 1.82) is 0 Å². The van der Waals surface area contributed by atoms with Crippen molar-refractivity contribution < 1.29 is 9.47 Å². The number of rotatable bonds is 9. The van der Waals surface area contributed by atoms with E-state index in [0.717, 1.165) is 23.7 Å². The molecule has 0 fully saturated rings. The van der Waals surface area contributed by atoms with Gasteiger partial charge in [0.1, 0.15) is 12.4 Å². The van der Waals surface area contributed by atoms with Crippen molar-refractivity contribution in [2.24, 2.45) is 0 Å². The molecule has 2 aromatic heterocycles. The average Bonchev–Trinajstić information content (AvgIpc) is 3.18. The Morgan fingerprint density at radius 2 is 1.90 bits per heavy atom. The molecule has 1 N–H and O–H groups in total. The molecule has 0 spiro atoms. The summed E-state index contributed by atoms with van der Waals surface area (Å²) in [5, 5.41) is 11.7. The summed E-state index contributed by atoms with van der Waals surface area (Å²) >= 11 is 0. The molecule has 0 saturated carbocycles. The lowest BCUT2D eigenvalue weighted by atomic mass is 10.2. The van der Waals surface area contributed by atoms with E-state index in [0.29, 0.717) is 30.3 Å². The SMILES string of the molecule is COCCOc1cccc(-n2nnc3cnc(Nc4ccc(CN(C)C)cc4)nc32)c1. The van der Waals surface area contributed by atoms with Crippen LogP contribution < -0.4 is 10.1 Å². The molecule has 31 heavy (non-hydrogen) atoms. The van der Waals surface area contributed by atoms with Crippen molar-refractivity contribution in [2.45, 2.75) is 6.54 Å². The van der Waals surface area contributed by atoms with Crippen LogP contribution in [0.5, 0.6) is 5.75 Å². The predicted molar refractivity (Wildman–Crippen MR) is 119 cm³/mol. The van der Waals surface area contributed by atoms with Gasteiger partial charge in [-0.15, -0.1) is 5.10 Å². The van der Waals surface area contributed by atoms with Gasteiger partial charge in [-0.3, -0.25) is 0 Å². The largest absolute Gasteiger partial charge is 0.491 e. The van der Waals surface area contributed by atoms with E-state index in [4.69, 9.17) is 9.47 Å². The molecule has 2 aromatic carbocycles. The van der Waals surface area contributed by atoms with Gasteiger partial charge in [-0.1, -0.05) is 23.4 Å². The van der Waals surface area contributed by atoms with Crippen LogP contribution in [0.25, 0.3) is 16.9 Å². The number of benzene rings is 2. The molecule has 0 unspecified atom stereocenters. The molecule has 0 radical (unpaired) electrons. The molecule has 0 amide bonds. The molecule has 4 aromatic rings. The average molecular weight is 419 g/mol. The number of hydrogen-bond acceptors (Lipinski definition) is 8. The van der Waals surface area contributed by atoms with Crippen molar-refractivity contribution in [2.75, 3.05) is 39.7 Å². The summed E-state index contributed by atoms with van der Waals surface area (Å²) in [6, 6.07) is 15.8. The Kier molecular flexibility index (Phi) is 6.34. The van der Waals surface area contributed by atoms with Crippen LogP contribution in [0.1, 0.15) is 5.56 Å². The Morgan fingerprint density at radius 3 is 2.68 bits per heavy atom. The maximum absolute atomic E-state index is 5.70. The number of hydrogen-bond donors (Lipinski definition) is 1. The topological polar surface area (TPSA) is 90.2 Å². The molecular formula is C22H25N7O2. The Hall–Kier alpha value is -3.56. The van der Waals surface area contributed by atoms with Gasteiger partial charge in [0.05, 0.1) is 18.5 Å². The molecule has 0 aliphatic heterocycles. The normalized spacial score (nSPS) is 11.2. The van der Waals surface area contributed by atoms with Gasteiger partial charge in [0.15, 0.2) is 11.2 Å². The van der Waals surface area contributed by atoms with Crippen molar-refractivity contribution in [3.63, 3.8) is 0 Å². The molecule has 0 atom stereocenters. The number of ether oxygens (including phenoxy) is 2. The number of aromatic nitrogens is 5. The summed E-state index contributed by atoms with van der Waals surface area (Å²) in [4.78, 5) is 11.1. The zero-order valence-electron chi connectivity index (χ0n) is 17.8. The number of nitrogens with one attached hydrogen (secondary N) is 1. The van der Waals surface area contributed by atoms with Gasteiger partial charge in [0, 0.05) is 25.4 Å². The molecule has 0 bridgehead atoms. The van der Waals surface area contributed by atoms with Gasteiger partial charge in [-0.05, 0) is 43.9 Å². The Labute approximate surface area is 180 Å². The van der Waals surface area contributed by atoms with E-state index in [2.05, 4.69) is 42.6 Å². The molecule has 0 saturated heterocycles. The van der Waals surface area contributed by atoms with Crippen molar-refractivity contribution in [3.05, 3.63) is 60.3 Å². The first-order valence-corrected chi connectivity index (χ1v) is 9.94. The number of anilines is 2. The summed E-state index contributed by atoms with van der Waals surface area (Å²) < 4.78 is 12.4. The van der Waals surface area contributed by atoms with E-state index in [9.17, 15) is 0 Å². The lowest BCUT2D eigenvalue weighted by molar-refractivity contribution is 0.146. The summed E-state index contributed by atoms with van der Waals surface area (Å²) in [6.45, 7) is 1.89. The predicted octanol–water partition coefficient (Wildman–Crippen LogP) is 3.04. The van der Waals surface area contributed by atoms with Gasteiger partial charge in [-0.25, -0.2) is 4.98 Å². The van der Waals surface area contributed by atoms with E-state index in [1.807, 2.05) is 50.5 Å².